The summed E-state index contributed by atoms with van der Waals surface area (Å²) < 4.78 is 0. The fourth-order valence-corrected chi connectivity index (χ4v) is 1.35. The van der Waals surface area contributed by atoms with E-state index in [0.29, 0.717) is 0 Å². The Bertz CT molecular complexity index is 183. The Hall–Kier alpha value is -0.410. The molecule has 0 aliphatic carbocycles. The third-order valence-corrected chi connectivity index (χ3v) is 1.92. The lowest BCUT2D eigenvalue weighted by Gasteiger charge is -1.84. The number of aryl methyl sites for hydroxylation is 1. The molecule has 0 saturated heterocycles. The predicted octanol–water partition coefficient (Wildman–Crippen LogP) is 0.236. The molecule has 1 aromatic heterocycles. The van der Waals surface area contributed by atoms with Crippen molar-refractivity contribution in [1.82, 2.24) is 4.98 Å². The summed E-state index contributed by atoms with van der Waals surface area (Å²) in [5.74, 6) is 0. The fourth-order valence-electron chi connectivity index (χ4n) is 0.704. The highest BCUT2D eigenvalue weighted by molar-refractivity contribution is 7.09. The van der Waals surface area contributed by atoms with Gasteiger partial charge in [-0.1, -0.05) is 0 Å². The average molecular weight is 143 g/mol. The minimum Gasteiger partial charge on any atom is -0.357 e. The van der Waals surface area contributed by atoms with Crippen LogP contribution in [0.25, 0.3) is 0 Å². The van der Waals surface area contributed by atoms with Gasteiger partial charge in [-0.15, -0.1) is 11.3 Å². The first-order valence-corrected chi connectivity index (χ1v) is 3.91. The minimum atomic E-state index is 0.948. The number of rotatable bonds is 2. The van der Waals surface area contributed by atoms with E-state index in [9.17, 15) is 0 Å². The summed E-state index contributed by atoms with van der Waals surface area (Å²) in [6.07, 6.45) is 1.02. The maximum absolute atomic E-state index is 4.28. The van der Waals surface area contributed by atoms with Crippen LogP contribution in [0.1, 0.15) is 10.7 Å². The van der Waals surface area contributed by atoms with E-state index >= 15 is 0 Å². The van der Waals surface area contributed by atoms with Crippen molar-refractivity contribution in [3.63, 3.8) is 0 Å². The summed E-state index contributed by atoms with van der Waals surface area (Å²) in [5.41, 5.74) is 4.94. The number of thiazole rings is 1. The van der Waals surface area contributed by atoms with Crippen molar-refractivity contribution in [2.75, 3.05) is 6.54 Å². The zero-order valence-corrected chi connectivity index (χ0v) is 6.37. The highest BCUT2D eigenvalue weighted by Crippen LogP contribution is 2.06. The number of nitrogens with zero attached hydrogens (tertiary/aromatic N) is 1. The molecule has 2 nitrogen and oxygen atoms in total. The summed E-state index contributed by atoms with van der Waals surface area (Å²) in [6, 6.07) is 0. The van der Waals surface area contributed by atoms with Crippen LogP contribution in [0.2, 0.25) is 0 Å². The molecular formula is C6H11N2S+. The molecule has 0 aromatic carbocycles. The van der Waals surface area contributed by atoms with E-state index in [2.05, 4.69) is 16.1 Å². The highest BCUT2D eigenvalue weighted by atomic mass is 32.1. The Kier molecular flexibility index (Phi) is 2.19. The van der Waals surface area contributed by atoms with E-state index in [4.69, 9.17) is 0 Å². The normalized spacial score (nSPS) is 10.0. The Morgan fingerprint density at radius 3 is 3.00 bits per heavy atom. The lowest BCUT2D eigenvalue weighted by atomic mass is 10.3. The van der Waals surface area contributed by atoms with Gasteiger partial charge in [0.2, 0.25) is 0 Å². The van der Waals surface area contributed by atoms with Crippen LogP contribution >= 0.6 is 11.3 Å². The lowest BCUT2D eigenvalue weighted by Crippen LogP contribution is -2.51. The van der Waals surface area contributed by atoms with Crippen molar-refractivity contribution in [3.8, 4) is 0 Å². The van der Waals surface area contributed by atoms with Crippen molar-refractivity contribution in [2.24, 2.45) is 0 Å². The van der Waals surface area contributed by atoms with Crippen LogP contribution in [0.4, 0.5) is 0 Å². The molecule has 1 aromatic rings. The number of hydrogen-bond acceptors (Lipinski definition) is 2. The molecule has 9 heavy (non-hydrogen) atoms. The molecule has 0 aliphatic heterocycles. The number of hydrogen-bond donors (Lipinski definition) is 1. The average Bonchev–Trinajstić information content (AvgIpc) is 2.17. The molecule has 3 N–H and O–H groups in total. The molecule has 0 spiro atoms. The fraction of sp³-hybridized carbons (Fsp3) is 0.500. The van der Waals surface area contributed by atoms with Crippen molar-refractivity contribution < 1.29 is 5.73 Å². The highest BCUT2D eigenvalue weighted by Gasteiger charge is 1.95. The molecule has 0 unspecified atom stereocenters. The van der Waals surface area contributed by atoms with Gasteiger partial charge >= 0.3 is 0 Å². The second-order valence-corrected chi connectivity index (χ2v) is 3.02. The Labute approximate surface area is 58.7 Å². The molecule has 50 valence electrons. The minimum absolute atomic E-state index is 0.948. The van der Waals surface area contributed by atoms with Gasteiger partial charge in [-0.2, -0.15) is 0 Å². The molecule has 1 heterocycles. The number of aromatic nitrogens is 1. The van der Waals surface area contributed by atoms with Gasteiger partial charge in [0, 0.05) is 11.8 Å². The van der Waals surface area contributed by atoms with Gasteiger partial charge < -0.3 is 5.73 Å². The van der Waals surface area contributed by atoms with E-state index in [0.717, 1.165) is 18.0 Å². The molecule has 0 amide bonds. The molecule has 0 fully saturated rings. The quantitative estimate of drug-likeness (QED) is 0.633. The van der Waals surface area contributed by atoms with Gasteiger partial charge in [0.05, 0.1) is 17.2 Å². The standard InChI is InChI=1S/C6H10N2S/c1-5-8-6(2-3-7)4-9-5/h4H,2-3,7H2,1H3/p+1. The van der Waals surface area contributed by atoms with E-state index in [1.54, 1.807) is 11.3 Å². The van der Waals surface area contributed by atoms with Gasteiger partial charge in [0.15, 0.2) is 0 Å². The maximum Gasteiger partial charge on any atom is 0.0897 e. The van der Waals surface area contributed by atoms with Crippen molar-refractivity contribution in [2.45, 2.75) is 13.3 Å². The van der Waals surface area contributed by atoms with Crippen LogP contribution in [0, 0.1) is 6.92 Å². The van der Waals surface area contributed by atoms with Gasteiger partial charge in [-0.25, -0.2) is 4.98 Å². The third-order valence-electron chi connectivity index (χ3n) is 1.10. The zero-order chi connectivity index (χ0) is 6.69. The second kappa shape index (κ2) is 2.94. The van der Waals surface area contributed by atoms with E-state index in [1.165, 1.54) is 5.69 Å². The van der Waals surface area contributed by atoms with Gasteiger partial charge in [0.1, 0.15) is 0 Å². The Balaban J connectivity index is 2.61. The Morgan fingerprint density at radius 2 is 2.56 bits per heavy atom. The van der Waals surface area contributed by atoms with Crippen LogP contribution in [-0.2, 0) is 6.42 Å². The first kappa shape index (κ1) is 6.71. The van der Waals surface area contributed by atoms with Crippen molar-refractivity contribution in [1.29, 1.82) is 0 Å². The first-order valence-electron chi connectivity index (χ1n) is 3.03. The molecule has 0 saturated carbocycles. The first-order chi connectivity index (χ1) is 4.33. The molecule has 0 bridgehead atoms. The molecule has 0 atom stereocenters. The third kappa shape index (κ3) is 1.77. The SMILES string of the molecule is Cc1nc(CC[NH3+])cs1. The second-order valence-electron chi connectivity index (χ2n) is 1.96. The predicted molar refractivity (Wildman–Crippen MR) is 38.3 cm³/mol. The monoisotopic (exact) mass is 143 g/mol. The molecule has 1 rings (SSSR count). The van der Waals surface area contributed by atoms with E-state index in [-0.39, 0.29) is 0 Å². The summed E-state index contributed by atoms with van der Waals surface area (Å²) >= 11 is 1.71. The van der Waals surface area contributed by atoms with E-state index < -0.39 is 0 Å². The molecule has 3 heteroatoms. The number of quaternary nitrogens is 1. The van der Waals surface area contributed by atoms with Crippen LogP contribution in [0.3, 0.4) is 0 Å². The van der Waals surface area contributed by atoms with Crippen LogP contribution in [0.5, 0.6) is 0 Å². The van der Waals surface area contributed by atoms with Crippen molar-refractivity contribution in [3.05, 3.63) is 16.1 Å². The van der Waals surface area contributed by atoms with Crippen molar-refractivity contribution >= 4 is 11.3 Å². The van der Waals surface area contributed by atoms with Gasteiger partial charge in [0.25, 0.3) is 0 Å². The van der Waals surface area contributed by atoms with Crippen LogP contribution < -0.4 is 5.73 Å². The summed E-state index contributed by atoms with van der Waals surface area (Å²) in [6.45, 7) is 2.97. The van der Waals surface area contributed by atoms with E-state index in [1.807, 2.05) is 6.92 Å². The molecule has 0 aliphatic rings. The zero-order valence-electron chi connectivity index (χ0n) is 5.55. The summed E-state index contributed by atoms with van der Waals surface area (Å²) in [7, 11) is 0. The largest absolute Gasteiger partial charge is 0.357 e. The van der Waals surface area contributed by atoms with Gasteiger partial charge in [-0.3, -0.25) is 0 Å². The maximum atomic E-state index is 4.28. The smallest absolute Gasteiger partial charge is 0.0897 e. The lowest BCUT2D eigenvalue weighted by molar-refractivity contribution is -0.366. The molecular weight excluding hydrogens is 132 g/mol. The molecule has 0 radical (unpaired) electrons. The van der Waals surface area contributed by atoms with Crippen LogP contribution in [0.15, 0.2) is 5.38 Å². The summed E-state index contributed by atoms with van der Waals surface area (Å²) in [5, 5.41) is 3.25. The summed E-state index contributed by atoms with van der Waals surface area (Å²) in [4.78, 5) is 4.28. The van der Waals surface area contributed by atoms with Gasteiger partial charge in [-0.05, 0) is 6.92 Å². The Morgan fingerprint density at radius 1 is 1.78 bits per heavy atom. The van der Waals surface area contributed by atoms with Crippen LogP contribution in [-0.4, -0.2) is 11.5 Å². The topological polar surface area (TPSA) is 40.5 Å².